The van der Waals surface area contributed by atoms with Crippen LogP contribution in [0.5, 0.6) is 0 Å². The van der Waals surface area contributed by atoms with E-state index in [1.54, 1.807) is 27.7 Å². The van der Waals surface area contributed by atoms with Gasteiger partial charge in [0.15, 0.2) is 56.2 Å². The van der Waals surface area contributed by atoms with Crippen LogP contribution in [0.3, 0.4) is 0 Å². The van der Waals surface area contributed by atoms with Gasteiger partial charge >= 0.3 is 23.9 Å². The Kier molecular flexibility index (Phi) is 36.0. The summed E-state index contributed by atoms with van der Waals surface area (Å²) in [6.07, 6.45) is -64.2. The maximum Gasteiger partial charge on any atom is 0.364 e. The Balaban J connectivity index is 0.809. The first-order valence-corrected chi connectivity index (χ1v) is 47.7. The van der Waals surface area contributed by atoms with E-state index in [0.717, 1.165) is 5.57 Å². The molecular formula is C91H148O46. The third-order valence-electron chi connectivity index (χ3n) is 32.7. The molecule has 7 saturated heterocycles. The number of aliphatic hydroxyl groups excluding tert-OH is 21. The second-order valence-electron chi connectivity index (χ2n) is 42.1. The summed E-state index contributed by atoms with van der Waals surface area (Å²) in [7, 11) is 0. The summed E-state index contributed by atoms with van der Waals surface area (Å²) in [6.45, 7) is 17.1. The maximum atomic E-state index is 16.5. The first-order valence-electron chi connectivity index (χ1n) is 47.7. The van der Waals surface area contributed by atoms with E-state index in [1.165, 1.54) is 13.8 Å². The van der Waals surface area contributed by atoms with Gasteiger partial charge in [-0.1, -0.05) is 93.7 Å². The highest BCUT2D eigenvalue weighted by Crippen LogP contribution is 2.76. The summed E-state index contributed by atoms with van der Waals surface area (Å²) in [5.74, 6) is -11.1. The van der Waals surface area contributed by atoms with Crippen LogP contribution in [-0.2, 0) is 104 Å². The van der Waals surface area contributed by atoms with E-state index in [9.17, 15) is 142 Å². The summed E-state index contributed by atoms with van der Waals surface area (Å²) >= 11 is 0. The molecule has 4 saturated carbocycles. The average Bonchev–Trinajstić information content (AvgIpc) is 0.951. The molecule has 12 aliphatic rings. The lowest BCUT2D eigenvalue weighted by molar-refractivity contribution is -0.401. The molecular weight excluding hydrogens is 1830 g/mol. The van der Waals surface area contributed by atoms with Crippen LogP contribution in [0.1, 0.15) is 186 Å². The number of carbonyl (C=O) groups is 5. The molecule has 788 valence electrons. The van der Waals surface area contributed by atoms with E-state index in [0.29, 0.717) is 38.4 Å². The molecule has 7 aliphatic heterocycles. The minimum Gasteiger partial charge on any atom is -0.477 e. The van der Waals surface area contributed by atoms with Gasteiger partial charge in [0.25, 0.3) is 5.79 Å². The van der Waals surface area contributed by atoms with Gasteiger partial charge in [0.2, 0.25) is 6.29 Å². The topological polar surface area (TPSA) is 728 Å². The number of carboxylic acids is 1. The molecule has 7 heterocycles. The molecule has 49 atom stereocenters. The van der Waals surface area contributed by atoms with E-state index < -0.39 is 378 Å². The summed E-state index contributed by atoms with van der Waals surface area (Å²) < 4.78 is 102. The fraction of sp³-hybridized carbons (Fsp3) is 0.923. The van der Waals surface area contributed by atoms with E-state index in [4.69, 9.17) is 80.5 Å². The number of aliphatic hydroxyl groups is 23. The molecule has 0 aromatic carbocycles. The minimum atomic E-state index is -3.27. The number of allylic oxidation sites excluding steroid dienone is 2. The third-order valence-corrected chi connectivity index (χ3v) is 32.7. The van der Waals surface area contributed by atoms with E-state index in [1.807, 2.05) is 34.6 Å². The van der Waals surface area contributed by atoms with Crippen LogP contribution in [0.15, 0.2) is 11.6 Å². The lowest BCUT2D eigenvalue weighted by Gasteiger charge is -2.71. The summed E-state index contributed by atoms with van der Waals surface area (Å²) in [5.41, 5.74) is -7.96. The molecule has 22 unspecified atom stereocenters. The Bertz CT molecular complexity index is 4040. The fourth-order valence-corrected chi connectivity index (χ4v) is 23.5. The van der Waals surface area contributed by atoms with E-state index in [2.05, 4.69) is 13.0 Å². The zero-order valence-corrected chi connectivity index (χ0v) is 79.2. The van der Waals surface area contributed by atoms with Crippen molar-refractivity contribution < 1.29 is 227 Å². The van der Waals surface area contributed by atoms with Crippen LogP contribution >= 0.6 is 0 Å². The highest BCUT2D eigenvalue weighted by molar-refractivity contribution is 5.80. The molecule has 5 aliphatic carbocycles. The molecule has 0 bridgehead atoms. The predicted octanol–water partition coefficient (Wildman–Crippen LogP) is -5.74. The van der Waals surface area contributed by atoms with Crippen LogP contribution in [0.4, 0.5) is 0 Å². The minimum absolute atomic E-state index is 0.0120. The Morgan fingerprint density at radius 3 is 1.78 bits per heavy atom. The third kappa shape index (κ3) is 22.1. The quantitative estimate of drug-likeness (QED) is 0.00684. The van der Waals surface area contributed by atoms with Crippen LogP contribution in [0, 0.1) is 62.1 Å². The SMILES string of the molecule is CC[C@H](C)[C@H](C[C@H](O)CC(=O)OC1C(O[C@@H]2OC(C)[C@H](O[C@H]3OCC(O)[C@H](O[C@@H]4OCC(O)(CO)C4O)C3O)C(O)[C@@H]2O)[C@H](OC(=O)[C@]23CCC(C)(C)CC2C2=CCC4[C@@]5(C)CC[C@H](O[C@@H]6OC(O)(C(=O)O)CC(O[C@@H]7OC[C@@H](O)C(O)C7O)C6OC(O)C(O)[C@@H](O)C(O)CO)[C@@](C)(C=O)C5CC[C@@]4(C)[C@]2(C)C[C@H]3O)OC(C)[C@H]1O)OC(=O)C[C@@H](O)C[C@H](O[C@@H]1O[C@@H](CO)C(O)C1O)[C@@H](C)CC. The largest absolute Gasteiger partial charge is 0.477 e. The van der Waals surface area contributed by atoms with Crippen molar-refractivity contribution in [2.45, 2.75) is 425 Å². The molecule has 12 rings (SSSR count). The first-order chi connectivity index (χ1) is 64.1. The zero-order chi connectivity index (χ0) is 101. The lowest BCUT2D eigenvalue weighted by atomic mass is 9.33. The molecule has 0 aromatic rings. The standard InChI is InChI=1S/C91H148O46/c1-13-37(3)48(126-56(102)25-42(97)24-49(38(4)14-2)127-78-65(111)61(107)51(31-93)129-78)23-41(96)26-57(103)131-71-58(104)39(5)124-79(72(71)135-77-66(112)62(108)68(40(6)125-77)133-76-67(113)69(47(100)33-122-76)134-81-73(114)89(119,35-95)36-123-81)136-83(118)90-22-21-84(7,8)27-44(90)43-15-16-53-85(9)19-18-55(86(10,34-94)52(85)17-20-87(53,11)88(43,12)29-54(90)101)130-80-70(132-74(115)63(109)59(105)45(98)30-92)50(28-91(120,137-80)82(116)117)128-75-64(110)60(106)46(99)32-121-75/h15,34,37-42,44-55,58-81,92-93,95-101,104-115,119-120H,13-14,16-33,35-36H2,1-12H3,(H,116,117)/t37-,38-,39?,40?,41-,42-,44?,45?,46+,47?,48-,49-,50?,51-,52?,53?,54+,55-,58+,59-,60?,61?,62?,63?,64?,65?,66-,67?,68-,69-,70?,71?,72?,73?,74?,75-,76+,77-,78+,79-,80+,81-,85-,86-,87+,88+,89?,90+,91?/m0/s1. The first kappa shape index (κ1) is 112. The Labute approximate surface area is 792 Å². The van der Waals surface area contributed by atoms with Crippen molar-refractivity contribution in [3.05, 3.63) is 11.6 Å². The number of carboxylic acid groups (broad SMARTS) is 1. The Hall–Kier alpha value is -4.19. The second kappa shape index (κ2) is 44.2. The Morgan fingerprint density at radius 2 is 1.16 bits per heavy atom. The van der Waals surface area contributed by atoms with Crippen LogP contribution in [0.25, 0.3) is 0 Å². The number of rotatable bonds is 38. The van der Waals surface area contributed by atoms with E-state index >= 15 is 4.79 Å². The average molecular weight is 1980 g/mol. The highest BCUT2D eigenvalue weighted by atomic mass is 16.8. The van der Waals surface area contributed by atoms with Gasteiger partial charge in [-0.2, -0.15) is 0 Å². The van der Waals surface area contributed by atoms with Crippen molar-refractivity contribution in [1.82, 2.24) is 0 Å². The lowest BCUT2D eigenvalue weighted by Crippen LogP contribution is -2.69. The van der Waals surface area contributed by atoms with Crippen LogP contribution in [-0.4, -0.2) is 431 Å². The van der Waals surface area contributed by atoms with Crippen molar-refractivity contribution in [1.29, 1.82) is 0 Å². The number of ether oxygens (including phenoxy) is 17. The van der Waals surface area contributed by atoms with Crippen molar-refractivity contribution in [2.75, 3.05) is 39.6 Å². The molecule has 137 heavy (non-hydrogen) atoms. The van der Waals surface area contributed by atoms with Crippen molar-refractivity contribution >= 4 is 30.2 Å². The number of esters is 3. The molecule has 46 nitrogen and oxygen atoms in total. The summed E-state index contributed by atoms with van der Waals surface area (Å²) in [4.78, 5) is 72.5. The molecule has 24 N–H and O–H groups in total. The van der Waals surface area contributed by atoms with Crippen LogP contribution < -0.4 is 0 Å². The number of fused-ring (bicyclic) bond motifs is 7. The smallest absolute Gasteiger partial charge is 0.364 e. The molecule has 0 spiro atoms. The van der Waals surface area contributed by atoms with Gasteiger partial charge in [-0.15, -0.1) is 0 Å². The van der Waals surface area contributed by atoms with Gasteiger partial charge < -0.3 is 208 Å². The van der Waals surface area contributed by atoms with E-state index in [-0.39, 0.29) is 56.8 Å². The highest BCUT2D eigenvalue weighted by Gasteiger charge is 2.74. The normalized spacial score (nSPS) is 46.6. The van der Waals surface area contributed by atoms with Crippen molar-refractivity contribution in [3.8, 4) is 0 Å². The van der Waals surface area contributed by atoms with Gasteiger partial charge in [-0.3, -0.25) is 14.4 Å². The number of hydrogen-bond donors (Lipinski definition) is 24. The molecule has 46 heteroatoms. The predicted molar refractivity (Wildman–Crippen MR) is 455 cm³/mol. The van der Waals surface area contributed by atoms with Crippen molar-refractivity contribution in [2.24, 2.45) is 62.1 Å². The molecule has 0 amide bonds. The van der Waals surface area contributed by atoms with Gasteiger partial charge in [0.05, 0.1) is 107 Å². The Morgan fingerprint density at radius 1 is 0.555 bits per heavy atom. The maximum absolute atomic E-state index is 16.5. The molecule has 0 radical (unpaired) electrons. The van der Waals surface area contributed by atoms with Gasteiger partial charge in [-0.05, 0) is 123 Å². The second-order valence-corrected chi connectivity index (χ2v) is 42.1. The van der Waals surface area contributed by atoms with Gasteiger partial charge in [0, 0.05) is 19.3 Å². The fourth-order valence-electron chi connectivity index (χ4n) is 23.5. The number of carbonyl (C=O) groups excluding carboxylic acids is 4. The van der Waals surface area contributed by atoms with Gasteiger partial charge in [0.1, 0.15) is 133 Å². The summed E-state index contributed by atoms with van der Waals surface area (Å²) in [5, 5.41) is 265. The monoisotopic (exact) mass is 1980 g/mol. The van der Waals surface area contributed by atoms with Crippen LogP contribution in [0.2, 0.25) is 0 Å². The molecule has 0 aromatic heterocycles. The number of hydrogen-bond acceptors (Lipinski definition) is 45. The number of aliphatic carboxylic acids is 1. The molecule has 11 fully saturated rings. The van der Waals surface area contributed by atoms with Crippen molar-refractivity contribution in [3.63, 3.8) is 0 Å². The zero-order valence-electron chi connectivity index (χ0n) is 79.2. The summed E-state index contributed by atoms with van der Waals surface area (Å²) in [6, 6.07) is 0. The van der Waals surface area contributed by atoms with Gasteiger partial charge in [-0.25, -0.2) is 4.79 Å². The number of aldehydes is 1.